The molecule has 5 atom stereocenters. The third kappa shape index (κ3) is 70.3. The smallest absolute Gasteiger partial charge is 0.463 e. The summed E-state index contributed by atoms with van der Waals surface area (Å²) in [6.07, 6.45) is 84.2. The predicted octanol–water partition coefficient (Wildman–Crippen LogP) is 20.3. The summed E-state index contributed by atoms with van der Waals surface area (Å²) in [7, 11) is -9.81. The molecule has 18 heteroatoms. The van der Waals surface area contributed by atoms with E-state index in [-0.39, 0.29) is 19.3 Å². The molecule has 0 bridgehead atoms. The van der Waals surface area contributed by atoms with Gasteiger partial charge in [0.25, 0.3) is 0 Å². The van der Waals surface area contributed by atoms with Gasteiger partial charge in [-0.2, -0.15) is 0 Å². The number of aliphatic hydroxyl groups excluding tert-OH is 2. The monoisotopic (exact) mass is 1370 g/mol. The molecule has 0 rings (SSSR count). The number of esters is 3. The Morgan fingerprint density at radius 2 is 0.558 bits per heavy atom. The largest absolute Gasteiger partial charge is 0.472 e. The highest BCUT2D eigenvalue weighted by molar-refractivity contribution is 7.47. The summed E-state index contributed by atoms with van der Waals surface area (Å²) in [4.78, 5) is 58.5. The number of ether oxygens (including phenoxy) is 3. The zero-order chi connectivity index (χ0) is 69.5. The Balaban J connectivity index is 4.77. The van der Waals surface area contributed by atoms with E-state index < -0.39 is 91.5 Å². The van der Waals surface area contributed by atoms with E-state index in [1.807, 2.05) is 0 Å². The van der Waals surface area contributed by atoms with Gasteiger partial charge in [-0.3, -0.25) is 32.5 Å². The number of rotatable bonds is 66. The molecule has 0 aliphatic heterocycles. The molecule has 4 N–H and O–H groups in total. The summed E-state index contributed by atoms with van der Waals surface area (Å²) in [6, 6.07) is 0. The van der Waals surface area contributed by atoms with Crippen molar-refractivity contribution >= 4 is 33.6 Å². The van der Waals surface area contributed by atoms with E-state index in [0.717, 1.165) is 167 Å². The Labute approximate surface area is 574 Å². The van der Waals surface area contributed by atoms with Crippen LogP contribution in [0.15, 0.2) is 158 Å². The lowest BCUT2D eigenvalue weighted by molar-refractivity contribution is -0.161. The van der Waals surface area contributed by atoms with Crippen molar-refractivity contribution in [3.63, 3.8) is 0 Å². The average Bonchev–Trinajstić information content (AvgIpc) is 1.99. The number of unbranched alkanes of at least 4 members (excludes halogenated alkanes) is 17. The Hall–Kier alpha value is -4.83. The van der Waals surface area contributed by atoms with Crippen LogP contribution in [-0.2, 0) is 55.8 Å². The average molecular weight is 1370 g/mol. The van der Waals surface area contributed by atoms with Crippen molar-refractivity contribution in [3.8, 4) is 0 Å². The van der Waals surface area contributed by atoms with Crippen molar-refractivity contribution in [3.05, 3.63) is 158 Å². The van der Waals surface area contributed by atoms with Crippen LogP contribution in [0.1, 0.15) is 252 Å². The van der Waals surface area contributed by atoms with E-state index in [1.54, 1.807) is 0 Å². The number of hydrogen-bond donors (Lipinski definition) is 4. The van der Waals surface area contributed by atoms with Gasteiger partial charge in [0.15, 0.2) is 6.10 Å². The molecule has 16 nitrogen and oxygen atoms in total. The number of phosphoric acid groups is 2. The van der Waals surface area contributed by atoms with Gasteiger partial charge in [0.05, 0.1) is 26.4 Å². The summed E-state index contributed by atoms with van der Waals surface area (Å²) in [5.41, 5.74) is 0. The Morgan fingerprint density at radius 1 is 0.305 bits per heavy atom. The number of hydrogen-bond acceptors (Lipinski definition) is 14. The molecule has 5 unspecified atom stereocenters. The third-order valence-electron chi connectivity index (χ3n) is 14.2. The molecule has 0 fully saturated rings. The Kier molecular flexibility index (Phi) is 65.6. The number of aliphatic hydroxyl groups is 2. The standard InChI is InChI=1S/C77H126O16P2/c1-4-7-10-13-16-19-22-25-28-31-33-35-37-40-42-45-48-51-54-57-60-63-75(80)87-66-72(78)67-89-94(83,84)90-68-73(79)69-91-95(85,86)92-71-74(93-77(82)65-62-59-56-53-50-47-44-39-30-27-24-21-18-15-12-9-6-3)70-88-76(81)64-61-58-55-52-49-46-43-41-38-36-34-32-29-26-23-20-17-14-11-8-5-2/h7,9-10,12,16-21,25-30,33-36,40-44,47,72-74,78-79H,4-6,8,11,13-15,22-24,31-32,37-39,45-46,48-71H2,1-3H3,(H,83,84)(H,85,86)/b10-7-,12-9-,19-16-,20-17-,21-18-,28-25-,29-26-,30-27-,35-33-,36-34-,42-40-,43-41-,47-44-. The molecule has 0 amide bonds. The molecule has 0 saturated carbocycles. The Bertz CT molecular complexity index is 2360. The van der Waals surface area contributed by atoms with Gasteiger partial charge in [0.2, 0.25) is 0 Å². The van der Waals surface area contributed by atoms with Crippen LogP contribution in [0.4, 0.5) is 0 Å². The molecule has 95 heavy (non-hydrogen) atoms. The minimum absolute atomic E-state index is 0.0656. The summed E-state index contributed by atoms with van der Waals surface area (Å²) in [5.74, 6) is -1.65. The lowest BCUT2D eigenvalue weighted by Gasteiger charge is -2.21. The predicted molar refractivity (Wildman–Crippen MR) is 389 cm³/mol. The van der Waals surface area contributed by atoms with E-state index in [2.05, 4.69) is 179 Å². The first-order valence-corrected chi connectivity index (χ1v) is 38.8. The first kappa shape index (κ1) is 90.2. The van der Waals surface area contributed by atoms with Crippen LogP contribution in [0, 0.1) is 0 Å². The SMILES string of the molecule is CC/C=C\C/C=C\C/C=C\C/C=C\C/C=C\CCCCCCCC(=O)OCC(O)COP(=O)(O)OCC(O)COP(=O)(O)OCC(COC(=O)CCCCCCC/C=C\C/C=C\C/C=C\C/C=C\CCCCC)OC(=O)CCCCCC/C=C\C/C=C\C/C=C\C/C=C\CC. The molecule has 0 aromatic carbocycles. The molecule has 0 radical (unpaired) electrons. The summed E-state index contributed by atoms with van der Waals surface area (Å²) in [5, 5.41) is 20.6. The lowest BCUT2D eigenvalue weighted by atomic mass is 10.1. The van der Waals surface area contributed by atoms with Crippen LogP contribution >= 0.6 is 15.6 Å². The number of phosphoric ester groups is 2. The zero-order valence-corrected chi connectivity index (χ0v) is 60.3. The Morgan fingerprint density at radius 3 is 0.884 bits per heavy atom. The van der Waals surface area contributed by atoms with Crippen molar-refractivity contribution in [2.24, 2.45) is 0 Å². The minimum atomic E-state index is -4.95. The number of carbonyl (C=O) groups excluding carboxylic acids is 3. The lowest BCUT2D eigenvalue weighted by Crippen LogP contribution is -2.30. The molecule has 0 aliphatic carbocycles. The maximum absolute atomic E-state index is 13.0. The van der Waals surface area contributed by atoms with E-state index in [4.69, 9.17) is 32.3 Å². The fraction of sp³-hybridized carbons (Fsp3) is 0.623. The first-order chi connectivity index (χ1) is 46.2. The highest BCUT2D eigenvalue weighted by Gasteiger charge is 2.29. The van der Waals surface area contributed by atoms with Crippen LogP contribution in [0.5, 0.6) is 0 Å². The molecule has 0 heterocycles. The third-order valence-corrected chi connectivity index (χ3v) is 16.1. The first-order valence-electron chi connectivity index (χ1n) is 35.8. The molecule has 0 saturated heterocycles. The summed E-state index contributed by atoms with van der Waals surface area (Å²) >= 11 is 0. The normalized spacial score (nSPS) is 15.1. The van der Waals surface area contributed by atoms with Crippen molar-refractivity contribution < 1.29 is 75.8 Å². The molecule has 0 spiro atoms. The van der Waals surface area contributed by atoms with Gasteiger partial charge in [-0.25, -0.2) is 9.13 Å². The van der Waals surface area contributed by atoms with Crippen molar-refractivity contribution in [1.82, 2.24) is 0 Å². The van der Waals surface area contributed by atoms with Gasteiger partial charge in [-0.15, -0.1) is 0 Å². The van der Waals surface area contributed by atoms with Crippen molar-refractivity contribution in [2.45, 2.75) is 270 Å². The van der Waals surface area contributed by atoms with Gasteiger partial charge in [0.1, 0.15) is 25.4 Å². The maximum Gasteiger partial charge on any atom is 0.472 e. The van der Waals surface area contributed by atoms with Crippen LogP contribution in [-0.4, -0.2) is 95.9 Å². The zero-order valence-electron chi connectivity index (χ0n) is 58.5. The second kappa shape index (κ2) is 69.1. The maximum atomic E-state index is 13.0. The fourth-order valence-corrected chi connectivity index (χ4v) is 10.4. The molecule has 540 valence electrons. The van der Waals surface area contributed by atoms with Gasteiger partial charge in [-0.1, -0.05) is 243 Å². The molecule has 0 aliphatic rings. The van der Waals surface area contributed by atoms with Crippen LogP contribution in [0.2, 0.25) is 0 Å². The van der Waals surface area contributed by atoms with Gasteiger partial charge in [0, 0.05) is 19.3 Å². The van der Waals surface area contributed by atoms with Crippen LogP contribution < -0.4 is 0 Å². The molecular formula is C77H126O16P2. The quantitative estimate of drug-likeness (QED) is 0.0146. The van der Waals surface area contributed by atoms with Gasteiger partial charge >= 0.3 is 33.6 Å². The molecular weight excluding hydrogens is 1240 g/mol. The summed E-state index contributed by atoms with van der Waals surface area (Å²) in [6.45, 7) is 2.32. The van der Waals surface area contributed by atoms with Gasteiger partial charge in [-0.05, 0) is 148 Å². The fourth-order valence-electron chi connectivity index (χ4n) is 8.81. The van der Waals surface area contributed by atoms with E-state index in [0.29, 0.717) is 19.3 Å². The van der Waals surface area contributed by atoms with E-state index >= 15 is 0 Å². The minimum Gasteiger partial charge on any atom is -0.463 e. The number of carbonyl (C=O) groups is 3. The highest BCUT2D eigenvalue weighted by atomic mass is 31.2. The van der Waals surface area contributed by atoms with Crippen LogP contribution in [0.3, 0.4) is 0 Å². The van der Waals surface area contributed by atoms with E-state index in [9.17, 15) is 43.5 Å². The van der Waals surface area contributed by atoms with Crippen molar-refractivity contribution in [1.29, 1.82) is 0 Å². The highest BCUT2D eigenvalue weighted by Crippen LogP contribution is 2.45. The molecule has 0 aromatic heterocycles. The summed E-state index contributed by atoms with van der Waals surface area (Å²) < 4.78 is 60.9. The number of allylic oxidation sites excluding steroid dienone is 26. The van der Waals surface area contributed by atoms with Crippen molar-refractivity contribution in [2.75, 3.05) is 39.6 Å². The van der Waals surface area contributed by atoms with Gasteiger partial charge < -0.3 is 34.2 Å². The van der Waals surface area contributed by atoms with E-state index in [1.165, 1.54) is 25.7 Å². The topological polar surface area (TPSA) is 231 Å². The molecule has 0 aromatic rings. The second-order valence-electron chi connectivity index (χ2n) is 23.3. The second-order valence-corrected chi connectivity index (χ2v) is 26.2. The van der Waals surface area contributed by atoms with Crippen LogP contribution in [0.25, 0.3) is 0 Å².